The lowest BCUT2D eigenvalue weighted by Gasteiger charge is -2.36. The first-order valence-corrected chi connectivity index (χ1v) is 7.94. The van der Waals surface area contributed by atoms with Gasteiger partial charge in [-0.15, -0.1) is 0 Å². The summed E-state index contributed by atoms with van der Waals surface area (Å²) in [6.07, 6.45) is 6.90. The van der Waals surface area contributed by atoms with Gasteiger partial charge in [-0.05, 0) is 44.0 Å². The van der Waals surface area contributed by atoms with E-state index in [2.05, 4.69) is 45.8 Å². The fourth-order valence-corrected chi connectivity index (χ4v) is 3.76. The zero-order chi connectivity index (χ0) is 14.1. The number of fused-ring (bicyclic) bond motifs is 1. The first-order chi connectivity index (χ1) is 10.4. The number of para-hydroxylation sites is 1. The molecule has 0 spiro atoms. The van der Waals surface area contributed by atoms with Gasteiger partial charge in [0.15, 0.2) is 0 Å². The summed E-state index contributed by atoms with van der Waals surface area (Å²) < 4.78 is 1.98. The van der Waals surface area contributed by atoms with E-state index in [1.165, 1.54) is 31.5 Å². The molecule has 2 aliphatic rings. The van der Waals surface area contributed by atoms with Gasteiger partial charge in [0.1, 0.15) is 0 Å². The van der Waals surface area contributed by atoms with Crippen LogP contribution in [-0.4, -0.2) is 40.4 Å². The molecule has 2 saturated heterocycles. The van der Waals surface area contributed by atoms with Gasteiger partial charge in [-0.3, -0.25) is 4.90 Å². The average Bonchev–Trinajstić information content (AvgIpc) is 3.17. The van der Waals surface area contributed by atoms with Crippen LogP contribution in [0.15, 0.2) is 42.7 Å². The molecule has 1 aromatic carbocycles. The lowest BCUT2D eigenvalue weighted by molar-refractivity contribution is 0.117. The minimum absolute atomic E-state index is 0.721. The predicted octanol–water partition coefficient (Wildman–Crippen LogP) is 2.06. The number of piperidine rings is 1. The largest absolute Gasteiger partial charge is 0.315 e. The summed E-state index contributed by atoms with van der Waals surface area (Å²) in [6.45, 7) is 4.59. The summed E-state index contributed by atoms with van der Waals surface area (Å²) in [6, 6.07) is 11.0. The minimum Gasteiger partial charge on any atom is -0.315 e. The smallest absolute Gasteiger partial charge is 0.0645 e. The zero-order valence-electron chi connectivity index (χ0n) is 12.3. The van der Waals surface area contributed by atoms with Crippen LogP contribution < -0.4 is 5.32 Å². The summed E-state index contributed by atoms with van der Waals surface area (Å²) >= 11 is 0. The standard InChI is InChI=1S/C17H22N4/c1-2-6-16(7-3-1)21-13-14(9-19-21)12-20-8-4-5-15-10-18-11-17(15)20/h1-3,6-7,9,13,15,17-18H,4-5,8,10-12H2. The van der Waals surface area contributed by atoms with Gasteiger partial charge in [0, 0.05) is 30.9 Å². The Balaban J connectivity index is 1.49. The average molecular weight is 282 g/mol. The molecule has 0 radical (unpaired) electrons. The maximum Gasteiger partial charge on any atom is 0.0645 e. The van der Waals surface area contributed by atoms with E-state index in [0.717, 1.165) is 30.7 Å². The van der Waals surface area contributed by atoms with Crippen molar-refractivity contribution in [2.45, 2.75) is 25.4 Å². The van der Waals surface area contributed by atoms with Crippen LogP contribution in [0.1, 0.15) is 18.4 Å². The Morgan fingerprint density at radius 1 is 1.19 bits per heavy atom. The van der Waals surface area contributed by atoms with Crippen molar-refractivity contribution in [3.63, 3.8) is 0 Å². The fourth-order valence-electron chi connectivity index (χ4n) is 3.76. The number of hydrogen-bond acceptors (Lipinski definition) is 3. The molecule has 4 nitrogen and oxygen atoms in total. The number of hydrogen-bond donors (Lipinski definition) is 1. The maximum absolute atomic E-state index is 4.51. The van der Waals surface area contributed by atoms with Gasteiger partial charge in [0.05, 0.1) is 11.9 Å². The normalized spacial score (nSPS) is 25.9. The molecule has 2 fully saturated rings. The van der Waals surface area contributed by atoms with Crippen LogP contribution in [0, 0.1) is 5.92 Å². The predicted molar refractivity (Wildman–Crippen MR) is 83.4 cm³/mol. The molecule has 1 aromatic heterocycles. The van der Waals surface area contributed by atoms with Crippen LogP contribution in [0.5, 0.6) is 0 Å². The van der Waals surface area contributed by atoms with Crippen molar-refractivity contribution in [1.29, 1.82) is 0 Å². The Morgan fingerprint density at radius 2 is 2.10 bits per heavy atom. The Labute approximate surface area is 125 Å². The Hall–Kier alpha value is -1.65. The number of benzene rings is 1. The highest BCUT2D eigenvalue weighted by Crippen LogP contribution is 2.27. The van der Waals surface area contributed by atoms with E-state index < -0.39 is 0 Å². The molecule has 0 saturated carbocycles. The van der Waals surface area contributed by atoms with Crippen molar-refractivity contribution >= 4 is 0 Å². The molecule has 21 heavy (non-hydrogen) atoms. The second kappa shape index (κ2) is 5.62. The molecule has 110 valence electrons. The van der Waals surface area contributed by atoms with E-state index in [4.69, 9.17) is 0 Å². The molecule has 2 aromatic rings. The van der Waals surface area contributed by atoms with Gasteiger partial charge in [0.2, 0.25) is 0 Å². The first-order valence-electron chi connectivity index (χ1n) is 7.94. The third-order valence-electron chi connectivity index (χ3n) is 4.84. The van der Waals surface area contributed by atoms with Gasteiger partial charge in [-0.2, -0.15) is 5.10 Å². The highest BCUT2D eigenvalue weighted by molar-refractivity contribution is 5.30. The van der Waals surface area contributed by atoms with Crippen molar-refractivity contribution in [1.82, 2.24) is 20.0 Å². The second-order valence-electron chi connectivity index (χ2n) is 6.23. The molecule has 0 amide bonds. The molecule has 4 heteroatoms. The van der Waals surface area contributed by atoms with Gasteiger partial charge >= 0.3 is 0 Å². The third kappa shape index (κ3) is 2.61. The molecule has 1 N–H and O–H groups in total. The Morgan fingerprint density at radius 3 is 3.00 bits per heavy atom. The van der Waals surface area contributed by atoms with E-state index in [9.17, 15) is 0 Å². The lowest BCUT2D eigenvalue weighted by atomic mass is 9.92. The van der Waals surface area contributed by atoms with E-state index in [-0.39, 0.29) is 0 Å². The second-order valence-corrected chi connectivity index (χ2v) is 6.23. The van der Waals surface area contributed by atoms with Crippen LogP contribution >= 0.6 is 0 Å². The highest BCUT2D eigenvalue weighted by atomic mass is 15.3. The molecule has 3 heterocycles. The number of rotatable bonds is 3. The number of likely N-dealkylation sites (tertiary alicyclic amines) is 1. The number of nitrogens with zero attached hydrogens (tertiary/aromatic N) is 3. The summed E-state index contributed by atoms with van der Waals surface area (Å²) in [7, 11) is 0. The highest BCUT2D eigenvalue weighted by Gasteiger charge is 2.34. The molecule has 0 aliphatic carbocycles. The summed E-state index contributed by atoms with van der Waals surface area (Å²) in [5.74, 6) is 0.850. The third-order valence-corrected chi connectivity index (χ3v) is 4.84. The van der Waals surface area contributed by atoms with Crippen molar-refractivity contribution in [2.75, 3.05) is 19.6 Å². The number of nitrogens with one attached hydrogen (secondary N) is 1. The van der Waals surface area contributed by atoms with E-state index >= 15 is 0 Å². The van der Waals surface area contributed by atoms with E-state index in [1.54, 1.807) is 0 Å². The summed E-state index contributed by atoms with van der Waals surface area (Å²) in [5.41, 5.74) is 2.44. The van der Waals surface area contributed by atoms with E-state index in [1.807, 2.05) is 16.9 Å². The topological polar surface area (TPSA) is 33.1 Å². The quantitative estimate of drug-likeness (QED) is 0.935. The summed E-state index contributed by atoms with van der Waals surface area (Å²) in [5, 5.41) is 8.06. The zero-order valence-corrected chi connectivity index (χ0v) is 12.3. The minimum atomic E-state index is 0.721. The molecule has 2 aliphatic heterocycles. The maximum atomic E-state index is 4.51. The summed E-state index contributed by atoms with van der Waals surface area (Å²) in [4.78, 5) is 2.64. The first kappa shape index (κ1) is 13.0. The molecule has 2 atom stereocenters. The molecule has 2 unspecified atom stereocenters. The monoisotopic (exact) mass is 282 g/mol. The van der Waals surface area contributed by atoms with Crippen molar-refractivity contribution in [3.8, 4) is 5.69 Å². The Bertz CT molecular complexity index is 592. The van der Waals surface area contributed by atoms with Crippen LogP contribution in [0.3, 0.4) is 0 Å². The van der Waals surface area contributed by atoms with Crippen LogP contribution in [-0.2, 0) is 6.54 Å². The van der Waals surface area contributed by atoms with Gasteiger partial charge in [0.25, 0.3) is 0 Å². The van der Waals surface area contributed by atoms with Gasteiger partial charge in [-0.25, -0.2) is 4.68 Å². The van der Waals surface area contributed by atoms with Crippen molar-refractivity contribution in [2.24, 2.45) is 5.92 Å². The molecule has 4 rings (SSSR count). The van der Waals surface area contributed by atoms with Gasteiger partial charge in [-0.1, -0.05) is 18.2 Å². The molecular weight excluding hydrogens is 260 g/mol. The van der Waals surface area contributed by atoms with Crippen molar-refractivity contribution in [3.05, 3.63) is 48.3 Å². The Kier molecular flexibility index (Phi) is 3.49. The fraction of sp³-hybridized carbons (Fsp3) is 0.471. The lowest BCUT2D eigenvalue weighted by Crippen LogP contribution is -2.44. The van der Waals surface area contributed by atoms with Crippen LogP contribution in [0.25, 0.3) is 5.69 Å². The van der Waals surface area contributed by atoms with Crippen LogP contribution in [0.4, 0.5) is 0 Å². The van der Waals surface area contributed by atoms with Crippen LogP contribution in [0.2, 0.25) is 0 Å². The van der Waals surface area contributed by atoms with Crippen molar-refractivity contribution < 1.29 is 0 Å². The van der Waals surface area contributed by atoms with E-state index in [0.29, 0.717) is 0 Å². The number of aromatic nitrogens is 2. The molecular formula is C17H22N4. The SMILES string of the molecule is c1ccc(-n2cc(CN3CCCC4CNCC43)cn2)cc1. The van der Waals surface area contributed by atoms with Gasteiger partial charge < -0.3 is 5.32 Å². The molecule has 0 bridgehead atoms.